The van der Waals surface area contributed by atoms with Gasteiger partial charge in [-0.05, 0) is 24.8 Å². The number of nitrogens with zero attached hydrogens (tertiary/aromatic N) is 2. The molecule has 0 aromatic carbocycles. The van der Waals surface area contributed by atoms with Gasteiger partial charge in [-0.2, -0.15) is 5.26 Å². The maximum atomic E-state index is 8.75. The summed E-state index contributed by atoms with van der Waals surface area (Å²) >= 11 is 1.71. The van der Waals surface area contributed by atoms with Gasteiger partial charge in [0.15, 0.2) is 0 Å². The van der Waals surface area contributed by atoms with E-state index >= 15 is 0 Å². The summed E-state index contributed by atoms with van der Waals surface area (Å²) in [4.78, 5) is 5.98. The van der Waals surface area contributed by atoms with E-state index in [0.717, 1.165) is 24.4 Å². The molecule has 0 radical (unpaired) electrons. The zero-order valence-corrected chi connectivity index (χ0v) is 11.5. The Labute approximate surface area is 107 Å². The SMILES string of the molecule is CCNC1CC(C)(C)Cc2nc(CC#N)sc21. The van der Waals surface area contributed by atoms with Crippen LogP contribution in [0.5, 0.6) is 0 Å². The van der Waals surface area contributed by atoms with E-state index in [-0.39, 0.29) is 0 Å². The third-order valence-corrected chi connectivity index (χ3v) is 4.38. The lowest BCUT2D eigenvalue weighted by atomic mass is 9.76. The lowest BCUT2D eigenvalue weighted by molar-refractivity contribution is 0.260. The van der Waals surface area contributed by atoms with Gasteiger partial charge in [0.05, 0.1) is 18.2 Å². The van der Waals surface area contributed by atoms with E-state index in [2.05, 4.69) is 37.1 Å². The van der Waals surface area contributed by atoms with Crippen LogP contribution in [-0.2, 0) is 12.8 Å². The second-order valence-electron chi connectivity index (χ2n) is 5.41. The van der Waals surface area contributed by atoms with Crippen molar-refractivity contribution in [3.05, 3.63) is 15.6 Å². The molecular weight excluding hydrogens is 230 g/mol. The smallest absolute Gasteiger partial charge is 0.107 e. The molecule has 1 aliphatic rings. The Morgan fingerprint density at radius 2 is 2.35 bits per heavy atom. The molecule has 3 nitrogen and oxygen atoms in total. The van der Waals surface area contributed by atoms with Gasteiger partial charge >= 0.3 is 0 Å². The van der Waals surface area contributed by atoms with Crippen LogP contribution in [0.1, 0.15) is 48.8 Å². The Bertz CT molecular complexity index is 442. The van der Waals surface area contributed by atoms with Gasteiger partial charge in [0.1, 0.15) is 5.01 Å². The highest BCUT2D eigenvalue weighted by Crippen LogP contribution is 2.42. The summed E-state index contributed by atoms with van der Waals surface area (Å²) in [7, 11) is 0. The number of nitriles is 1. The molecule has 1 N–H and O–H groups in total. The molecule has 0 saturated carbocycles. The normalized spacial score (nSPS) is 21.9. The zero-order valence-electron chi connectivity index (χ0n) is 10.7. The molecule has 0 bridgehead atoms. The third kappa shape index (κ3) is 2.67. The quantitative estimate of drug-likeness (QED) is 0.896. The molecule has 1 unspecified atom stereocenters. The minimum atomic E-state index is 0.303. The second-order valence-corrected chi connectivity index (χ2v) is 6.52. The highest BCUT2D eigenvalue weighted by Gasteiger charge is 2.34. The van der Waals surface area contributed by atoms with Crippen molar-refractivity contribution in [3.8, 4) is 6.07 Å². The van der Waals surface area contributed by atoms with E-state index in [9.17, 15) is 0 Å². The van der Waals surface area contributed by atoms with E-state index in [1.165, 1.54) is 10.6 Å². The standard InChI is InChI=1S/C13H19N3S/c1-4-15-9-7-13(2,3)8-10-12(9)17-11(16-10)5-6-14/h9,15H,4-5,7-8H2,1-3H3. The van der Waals surface area contributed by atoms with Gasteiger partial charge in [0.2, 0.25) is 0 Å². The number of hydrogen-bond donors (Lipinski definition) is 1. The van der Waals surface area contributed by atoms with Crippen molar-refractivity contribution >= 4 is 11.3 Å². The number of fused-ring (bicyclic) bond motifs is 1. The molecule has 0 spiro atoms. The molecule has 0 aliphatic heterocycles. The fourth-order valence-corrected chi connectivity index (χ4v) is 3.63. The fraction of sp³-hybridized carbons (Fsp3) is 0.692. The maximum absolute atomic E-state index is 8.75. The van der Waals surface area contributed by atoms with E-state index < -0.39 is 0 Å². The Kier molecular flexibility index (Phi) is 3.50. The lowest BCUT2D eigenvalue weighted by Gasteiger charge is -2.34. The Hall–Kier alpha value is -0.920. The van der Waals surface area contributed by atoms with E-state index in [1.807, 2.05) is 0 Å². The summed E-state index contributed by atoms with van der Waals surface area (Å²) in [6, 6.07) is 2.61. The molecule has 0 saturated heterocycles. The molecule has 0 fully saturated rings. The molecule has 1 aromatic rings. The molecule has 1 aliphatic carbocycles. The minimum Gasteiger partial charge on any atom is -0.309 e. The highest BCUT2D eigenvalue weighted by molar-refractivity contribution is 7.11. The minimum absolute atomic E-state index is 0.303. The van der Waals surface area contributed by atoms with Gasteiger partial charge in [-0.25, -0.2) is 4.98 Å². The molecule has 0 amide bonds. The molecule has 1 aromatic heterocycles. The summed E-state index contributed by atoms with van der Waals surface area (Å²) in [5, 5.41) is 13.3. The summed E-state index contributed by atoms with van der Waals surface area (Å²) < 4.78 is 0. The Morgan fingerprint density at radius 1 is 1.59 bits per heavy atom. The van der Waals surface area contributed by atoms with Gasteiger partial charge in [-0.1, -0.05) is 20.8 Å². The molecule has 92 valence electrons. The van der Waals surface area contributed by atoms with Crippen molar-refractivity contribution in [2.45, 2.75) is 46.1 Å². The van der Waals surface area contributed by atoms with Crippen molar-refractivity contribution in [2.75, 3.05) is 6.54 Å². The number of aromatic nitrogens is 1. The van der Waals surface area contributed by atoms with Crippen LogP contribution in [0.25, 0.3) is 0 Å². The molecule has 2 rings (SSSR count). The highest BCUT2D eigenvalue weighted by atomic mass is 32.1. The van der Waals surface area contributed by atoms with Gasteiger partial charge in [-0.15, -0.1) is 11.3 Å². The summed E-state index contributed by atoms with van der Waals surface area (Å²) in [5.41, 5.74) is 1.51. The Morgan fingerprint density at radius 3 is 3.00 bits per heavy atom. The van der Waals surface area contributed by atoms with Crippen molar-refractivity contribution in [3.63, 3.8) is 0 Å². The number of thiazole rings is 1. The molecule has 17 heavy (non-hydrogen) atoms. The Balaban J connectivity index is 2.32. The van der Waals surface area contributed by atoms with Crippen LogP contribution >= 0.6 is 11.3 Å². The van der Waals surface area contributed by atoms with Crippen molar-refractivity contribution in [1.29, 1.82) is 5.26 Å². The summed E-state index contributed by atoms with van der Waals surface area (Å²) in [6.45, 7) is 7.71. The van der Waals surface area contributed by atoms with Crippen LogP contribution < -0.4 is 5.32 Å². The summed E-state index contributed by atoms with van der Waals surface area (Å²) in [6.07, 6.45) is 2.63. The average molecular weight is 249 g/mol. The van der Waals surface area contributed by atoms with Gasteiger partial charge in [0, 0.05) is 10.9 Å². The van der Waals surface area contributed by atoms with Gasteiger partial charge < -0.3 is 5.32 Å². The second kappa shape index (κ2) is 4.75. The predicted molar refractivity (Wildman–Crippen MR) is 70.0 cm³/mol. The van der Waals surface area contributed by atoms with Gasteiger partial charge in [0.25, 0.3) is 0 Å². The van der Waals surface area contributed by atoms with Crippen molar-refractivity contribution in [1.82, 2.24) is 10.3 Å². The van der Waals surface area contributed by atoms with Crippen LogP contribution in [0, 0.1) is 16.7 Å². The van der Waals surface area contributed by atoms with E-state index in [0.29, 0.717) is 17.9 Å². The molecule has 1 atom stereocenters. The number of rotatable bonds is 3. The number of nitrogens with one attached hydrogen (secondary N) is 1. The molecule has 1 heterocycles. The monoisotopic (exact) mass is 249 g/mol. The van der Waals surface area contributed by atoms with Crippen LogP contribution in [0.15, 0.2) is 0 Å². The first-order chi connectivity index (χ1) is 8.05. The van der Waals surface area contributed by atoms with Crippen LogP contribution in [0.4, 0.5) is 0 Å². The van der Waals surface area contributed by atoms with Crippen LogP contribution in [-0.4, -0.2) is 11.5 Å². The zero-order chi connectivity index (χ0) is 12.5. The number of hydrogen-bond acceptors (Lipinski definition) is 4. The maximum Gasteiger partial charge on any atom is 0.107 e. The van der Waals surface area contributed by atoms with E-state index in [4.69, 9.17) is 5.26 Å². The fourth-order valence-electron chi connectivity index (χ4n) is 2.54. The van der Waals surface area contributed by atoms with E-state index in [1.54, 1.807) is 11.3 Å². The average Bonchev–Trinajstić information content (AvgIpc) is 2.59. The van der Waals surface area contributed by atoms with Crippen LogP contribution in [0.2, 0.25) is 0 Å². The lowest BCUT2D eigenvalue weighted by Crippen LogP contribution is -2.32. The predicted octanol–water partition coefficient (Wildman–Crippen LogP) is 2.83. The first kappa shape index (κ1) is 12.5. The van der Waals surface area contributed by atoms with Crippen LogP contribution in [0.3, 0.4) is 0 Å². The summed E-state index contributed by atoms with van der Waals surface area (Å²) in [5.74, 6) is 0. The first-order valence-corrected chi connectivity index (χ1v) is 6.96. The topological polar surface area (TPSA) is 48.7 Å². The molecular formula is C13H19N3S. The third-order valence-electron chi connectivity index (χ3n) is 3.17. The largest absolute Gasteiger partial charge is 0.309 e. The molecule has 4 heteroatoms. The van der Waals surface area contributed by atoms with Gasteiger partial charge in [-0.3, -0.25) is 0 Å². The van der Waals surface area contributed by atoms with Crippen molar-refractivity contribution in [2.24, 2.45) is 5.41 Å². The van der Waals surface area contributed by atoms with Crippen molar-refractivity contribution < 1.29 is 0 Å². The first-order valence-electron chi connectivity index (χ1n) is 6.14.